The average molecular weight is 255 g/mol. The van der Waals surface area contributed by atoms with Gasteiger partial charge in [0, 0.05) is 17.8 Å². The van der Waals surface area contributed by atoms with Gasteiger partial charge in [0.25, 0.3) is 0 Å². The number of nitrogens with zero attached hydrogens (tertiary/aromatic N) is 2. The van der Waals surface area contributed by atoms with Gasteiger partial charge in [-0.25, -0.2) is 14.8 Å². The maximum absolute atomic E-state index is 11.2. The highest BCUT2D eigenvalue weighted by Gasteiger charge is 2.28. The van der Waals surface area contributed by atoms with Crippen molar-refractivity contribution >= 4 is 17.5 Å². The summed E-state index contributed by atoms with van der Waals surface area (Å²) in [6, 6.07) is 9.39. The van der Waals surface area contributed by atoms with Gasteiger partial charge in [0.15, 0.2) is 0 Å². The smallest absolute Gasteiger partial charge is 0.341 e. The number of hydrogen-bond acceptors (Lipinski definition) is 4. The van der Waals surface area contributed by atoms with Crippen molar-refractivity contribution in [2.24, 2.45) is 0 Å². The van der Waals surface area contributed by atoms with Crippen LogP contribution < -0.4 is 5.32 Å². The van der Waals surface area contributed by atoms with E-state index in [9.17, 15) is 4.79 Å². The summed E-state index contributed by atoms with van der Waals surface area (Å²) in [5.41, 5.74) is 0.902. The summed E-state index contributed by atoms with van der Waals surface area (Å²) in [6.45, 7) is 0. The van der Waals surface area contributed by atoms with Crippen LogP contribution in [0.25, 0.3) is 0 Å². The topological polar surface area (TPSA) is 75.1 Å². The fraction of sp³-hybridized carbons (Fsp3) is 0.214. The van der Waals surface area contributed by atoms with Gasteiger partial charge in [0.2, 0.25) is 0 Å². The van der Waals surface area contributed by atoms with Crippen molar-refractivity contribution in [2.45, 2.75) is 18.8 Å². The molecule has 1 saturated carbocycles. The summed E-state index contributed by atoms with van der Waals surface area (Å²) in [6.07, 6.45) is 3.54. The quantitative estimate of drug-likeness (QED) is 0.878. The van der Waals surface area contributed by atoms with Crippen molar-refractivity contribution < 1.29 is 9.90 Å². The summed E-state index contributed by atoms with van der Waals surface area (Å²) >= 11 is 0. The molecule has 3 rings (SSSR count). The first kappa shape index (κ1) is 11.6. The Kier molecular flexibility index (Phi) is 2.87. The molecule has 0 radical (unpaired) electrons. The molecule has 1 aromatic heterocycles. The molecule has 0 spiro atoms. The Morgan fingerprint density at radius 3 is 2.63 bits per heavy atom. The molecule has 1 aliphatic carbocycles. The lowest BCUT2D eigenvalue weighted by molar-refractivity contribution is 0.0697. The molecule has 1 aliphatic rings. The predicted octanol–water partition coefficient (Wildman–Crippen LogP) is 2.80. The van der Waals surface area contributed by atoms with Crippen LogP contribution in [-0.2, 0) is 0 Å². The monoisotopic (exact) mass is 255 g/mol. The van der Waals surface area contributed by atoms with E-state index in [0.29, 0.717) is 11.7 Å². The number of para-hydroxylation sites is 1. The van der Waals surface area contributed by atoms with Crippen LogP contribution in [0, 0.1) is 0 Å². The second kappa shape index (κ2) is 4.68. The molecule has 5 nitrogen and oxygen atoms in total. The van der Waals surface area contributed by atoms with Gasteiger partial charge in [0.1, 0.15) is 17.2 Å². The van der Waals surface area contributed by atoms with Crippen LogP contribution in [0.5, 0.6) is 0 Å². The van der Waals surface area contributed by atoms with E-state index < -0.39 is 5.97 Å². The first-order valence-corrected chi connectivity index (χ1v) is 6.16. The number of hydrogen-bond donors (Lipinski definition) is 2. The lowest BCUT2D eigenvalue weighted by atomic mass is 10.2. The molecule has 0 atom stereocenters. The molecule has 1 aromatic carbocycles. The van der Waals surface area contributed by atoms with Gasteiger partial charge in [-0.3, -0.25) is 0 Å². The van der Waals surface area contributed by atoms with E-state index in [0.717, 1.165) is 24.4 Å². The van der Waals surface area contributed by atoms with Crippen LogP contribution in [0.3, 0.4) is 0 Å². The Morgan fingerprint density at radius 2 is 2.00 bits per heavy atom. The molecule has 1 heterocycles. The van der Waals surface area contributed by atoms with Crippen molar-refractivity contribution in [1.29, 1.82) is 0 Å². The number of benzene rings is 1. The van der Waals surface area contributed by atoms with Gasteiger partial charge in [0.05, 0.1) is 0 Å². The highest BCUT2D eigenvalue weighted by molar-refractivity contribution is 5.93. The van der Waals surface area contributed by atoms with E-state index in [-0.39, 0.29) is 5.56 Å². The van der Waals surface area contributed by atoms with Crippen LogP contribution in [-0.4, -0.2) is 21.0 Å². The minimum atomic E-state index is -1.03. The van der Waals surface area contributed by atoms with E-state index >= 15 is 0 Å². The third-order valence-corrected chi connectivity index (χ3v) is 3.02. The fourth-order valence-electron chi connectivity index (χ4n) is 1.84. The maximum atomic E-state index is 11.2. The lowest BCUT2D eigenvalue weighted by Crippen LogP contribution is -2.08. The molecule has 0 aliphatic heterocycles. The molecule has 0 unspecified atom stereocenters. The zero-order valence-electron chi connectivity index (χ0n) is 10.2. The number of anilines is 2. The van der Waals surface area contributed by atoms with Gasteiger partial charge in [-0.15, -0.1) is 0 Å². The van der Waals surface area contributed by atoms with Gasteiger partial charge < -0.3 is 10.4 Å². The minimum absolute atomic E-state index is 0.0910. The normalized spacial score (nSPS) is 14.1. The second-order valence-electron chi connectivity index (χ2n) is 4.56. The number of carbonyl (C=O) groups is 1. The van der Waals surface area contributed by atoms with Crippen molar-refractivity contribution in [2.75, 3.05) is 5.32 Å². The molecule has 0 saturated heterocycles. The summed E-state index contributed by atoms with van der Waals surface area (Å²) in [4.78, 5) is 19.7. The molecule has 2 aromatic rings. The van der Waals surface area contributed by atoms with Crippen LogP contribution in [0.2, 0.25) is 0 Å². The number of carboxylic acid groups (broad SMARTS) is 1. The Labute approximate surface area is 110 Å². The summed E-state index contributed by atoms with van der Waals surface area (Å²) in [5, 5.41) is 12.2. The number of rotatable bonds is 4. The van der Waals surface area contributed by atoms with Crippen LogP contribution in [0.1, 0.15) is 34.9 Å². The summed E-state index contributed by atoms with van der Waals surface area (Å²) < 4.78 is 0. The van der Waals surface area contributed by atoms with Crippen molar-refractivity contribution in [3.8, 4) is 0 Å². The standard InChI is InChI=1S/C14H13N3O2/c18-14(19)11-8-15-12(9-6-7-9)17-13(11)16-10-4-2-1-3-5-10/h1-5,8-9H,6-7H2,(H,18,19)(H,15,16,17). The molecule has 19 heavy (non-hydrogen) atoms. The van der Waals surface area contributed by atoms with E-state index in [1.807, 2.05) is 30.3 Å². The molecule has 5 heteroatoms. The average Bonchev–Trinajstić information content (AvgIpc) is 3.24. The van der Waals surface area contributed by atoms with Gasteiger partial charge in [-0.05, 0) is 25.0 Å². The van der Waals surface area contributed by atoms with E-state index in [4.69, 9.17) is 5.11 Å². The minimum Gasteiger partial charge on any atom is -0.477 e. The molecular formula is C14H13N3O2. The van der Waals surface area contributed by atoms with Crippen LogP contribution >= 0.6 is 0 Å². The van der Waals surface area contributed by atoms with E-state index in [1.165, 1.54) is 6.20 Å². The highest BCUT2D eigenvalue weighted by atomic mass is 16.4. The zero-order chi connectivity index (χ0) is 13.2. The lowest BCUT2D eigenvalue weighted by Gasteiger charge is -2.09. The van der Waals surface area contributed by atoms with Gasteiger partial charge in [-0.2, -0.15) is 0 Å². The molecule has 2 N–H and O–H groups in total. The fourth-order valence-corrected chi connectivity index (χ4v) is 1.84. The van der Waals surface area contributed by atoms with Crippen LogP contribution in [0.4, 0.5) is 11.5 Å². The van der Waals surface area contributed by atoms with E-state index in [1.54, 1.807) is 0 Å². The number of aromatic nitrogens is 2. The van der Waals surface area contributed by atoms with Gasteiger partial charge in [-0.1, -0.05) is 18.2 Å². The second-order valence-corrected chi connectivity index (χ2v) is 4.56. The van der Waals surface area contributed by atoms with Gasteiger partial charge >= 0.3 is 5.97 Å². The third kappa shape index (κ3) is 2.54. The molecule has 0 amide bonds. The SMILES string of the molecule is O=C(O)c1cnc(C2CC2)nc1Nc1ccccc1. The van der Waals surface area contributed by atoms with Crippen molar-refractivity contribution in [3.63, 3.8) is 0 Å². The molecule has 1 fully saturated rings. The largest absolute Gasteiger partial charge is 0.477 e. The number of aromatic carboxylic acids is 1. The Morgan fingerprint density at radius 1 is 1.26 bits per heavy atom. The van der Waals surface area contributed by atoms with Crippen molar-refractivity contribution in [3.05, 3.63) is 47.9 Å². The zero-order valence-corrected chi connectivity index (χ0v) is 10.2. The Hall–Kier alpha value is -2.43. The molecule has 0 bridgehead atoms. The van der Waals surface area contributed by atoms with Crippen molar-refractivity contribution in [1.82, 2.24) is 9.97 Å². The maximum Gasteiger partial charge on any atom is 0.341 e. The summed E-state index contributed by atoms with van der Waals surface area (Å²) in [5.74, 6) is 0.443. The Balaban J connectivity index is 1.96. The third-order valence-electron chi connectivity index (χ3n) is 3.02. The number of carboxylic acids is 1. The van der Waals surface area contributed by atoms with E-state index in [2.05, 4.69) is 15.3 Å². The summed E-state index contributed by atoms with van der Waals surface area (Å²) in [7, 11) is 0. The predicted molar refractivity (Wildman–Crippen MR) is 70.7 cm³/mol. The Bertz CT molecular complexity index is 609. The van der Waals surface area contributed by atoms with Crippen LogP contribution in [0.15, 0.2) is 36.5 Å². The first-order chi connectivity index (χ1) is 9.24. The molecule has 96 valence electrons. The number of nitrogens with one attached hydrogen (secondary N) is 1. The highest BCUT2D eigenvalue weighted by Crippen LogP contribution is 2.38. The molecular weight excluding hydrogens is 242 g/mol. The first-order valence-electron chi connectivity index (χ1n) is 6.16.